The molecule has 0 heterocycles. The zero-order valence-corrected chi connectivity index (χ0v) is 11.8. The second kappa shape index (κ2) is 6.60. The Hall–Kier alpha value is -1.51. The van der Waals surface area contributed by atoms with Crippen molar-refractivity contribution in [2.45, 2.75) is 58.1 Å². The summed E-state index contributed by atoms with van der Waals surface area (Å²) >= 11 is 0. The van der Waals surface area contributed by atoms with E-state index >= 15 is 0 Å². The van der Waals surface area contributed by atoms with Crippen molar-refractivity contribution in [3.05, 3.63) is 29.8 Å². The first kappa shape index (κ1) is 13.9. The molecule has 0 radical (unpaired) electrons. The molecule has 19 heavy (non-hydrogen) atoms. The zero-order valence-electron chi connectivity index (χ0n) is 11.8. The molecule has 1 N–H and O–H groups in total. The SMILES string of the molecule is CC[C@H](Oc1ccc(C)cc1)C(=O)NC1CCCC1. The van der Waals surface area contributed by atoms with Crippen LogP contribution in [0.3, 0.4) is 0 Å². The van der Waals surface area contributed by atoms with Crippen LogP contribution in [-0.2, 0) is 4.79 Å². The van der Waals surface area contributed by atoms with Crippen molar-refractivity contribution in [3.63, 3.8) is 0 Å². The standard InChI is InChI=1S/C16H23NO2/c1-3-15(16(18)17-13-6-4-5-7-13)19-14-10-8-12(2)9-11-14/h8-11,13,15H,3-7H2,1-2H3,(H,17,18)/t15-/m0/s1. The molecule has 1 atom stereocenters. The lowest BCUT2D eigenvalue weighted by atomic mass is 10.2. The average Bonchev–Trinajstić information content (AvgIpc) is 2.90. The van der Waals surface area contributed by atoms with Gasteiger partial charge >= 0.3 is 0 Å². The number of hydrogen-bond acceptors (Lipinski definition) is 2. The molecular weight excluding hydrogens is 238 g/mol. The third kappa shape index (κ3) is 3.98. The average molecular weight is 261 g/mol. The van der Waals surface area contributed by atoms with Crippen LogP contribution in [0.4, 0.5) is 0 Å². The molecule has 1 aliphatic rings. The minimum Gasteiger partial charge on any atom is -0.481 e. The van der Waals surface area contributed by atoms with Crippen LogP contribution in [0.15, 0.2) is 24.3 Å². The van der Waals surface area contributed by atoms with Crippen LogP contribution in [0.25, 0.3) is 0 Å². The lowest BCUT2D eigenvalue weighted by molar-refractivity contribution is -0.128. The maximum Gasteiger partial charge on any atom is 0.261 e. The minimum absolute atomic E-state index is 0.0231. The van der Waals surface area contributed by atoms with Crippen molar-refractivity contribution >= 4 is 5.91 Å². The monoisotopic (exact) mass is 261 g/mol. The van der Waals surface area contributed by atoms with E-state index in [2.05, 4.69) is 5.32 Å². The number of hydrogen-bond donors (Lipinski definition) is 1. The van der Waals surface area contributed by atoms with Gasteiger partial charge in [0.05, 0.1) is 0 Å². The molecular formula is C16H23NO2. The third-order valence-electron chi connectivity index (χ3n) is 3.66. The largest absolute Gasteiger partial charge is 0.481 e. The number of amides is 1. The van der Waals surface area contributed by atoms with E-state index in [-0.39, 0.29) is 12.0 Å². The van der Waals surface area contributed by atoms with Gasteiger partial charge in [-0.05, 0) is 38.3 Å². The van der Waals surface area contributed by atoms with Gasteiger partial charge in [-0.1, -0.05) is 37.5 Å². The maximum atomic E-state index is 12.2. The molecule has 0 unspecified atom stereocenters. The van der Waals surface area contributed by atoms with Gasteiger partial charge in [-0.15, -0.1) is 0 Å². The molecule has 1 amide bonds. The molecule has 0 spiro atoms. The van der Waals surface area contributed by atoms with E-state index < -0.39 is 0 Å². The first-order valence-corrected chi connectivity index (χ1v) is 7.22. The van der Waals surface area contributed by atoms with Gasteiger partial charge in [0.15, 0.2) is 6.10 Å². The van der Waals surface area contributed by atoms with E-state index in [1.54, 1.807) is 0 Å². The van der Waals surface area contributed by atoms with Gasteiger partial charge in [0.1, 0.15) is 5.75 Å². The molecule has 1 aliphatic carbocycles. The van der Waals surface area contributed by atoms with Gasteiger partial charge in [-0.3, -0.25) is 4.79 Å². The summed E-state index contributed by atoms with van der Waals surface area (Å²) in [6.45, 7) is 4.01. The van der Waals surface area contributed by atoms with Crippen molar-refractivity contribution < 1.29 is 9.53 Å². The molecule has 1 aromatic rings. The number of carbonyl (C=O) groups is 1. The Bertz CT molecular complexity index is 407. The summed E-state index contributed by atoms with van der Waals surface area (Å²) < 4.78 is 5.78. The van der Waals surface area contributed by atoms with Crippen molar-refractivity contribution in [3.8, 4) is 5.75 Å². The highest BCUT2D eigenvalue weighted by molar-refractivity contribution is 5.81. The Morgan fingerprint density at radius 1 is 1.32 bits per heavy atom. The number of rotatable bonds is 5. The highest BCUT2D eigenvalue weighted by Crippen LogP contribution is 2.19. The summed E-state index contributed by atoms with van der Waals surface area (Å²) in [6, 6.07) is 8.18. The Kier molecular flexibility index (Phi) is 4.83. The smallest absolute Gasteiger partial charge is 0.261 e. The van der Waals surface area contributed by atoms with Crippen LogP contribution in [0.1, 0.15) is 44.6 Å². The van der Waals surface area contributed by atoms with E-state index in [0.29, 0.717) is 12.5 Å². The normalized spacial score (nSPS) is 17.2. The molecule has 104 valence electrons. The molecule has 0 bridgehead atoms. The van der Waals surface area contributed by atoms with Crippen molar-refractivity contribution in [2.24, 2.45) is 0 Å². The Balaban J connectivity index is 1.91. The van der Waals surface area contributed by atoms with Gasteiger partial charge in [0.25, 0.3) is 5.91 Å². The Labute approximate surface area is 115 Å². The molecule has 1 aromatic carbocycles. The summed E-state index contributed by atoms with van der Waals surface area (Å²) in [7, 11) is 0. The highest BCUT2D eigenvalue weighted by atomic mass is 16.5. The maximum absolute atomic E-state index is 12.2. The number of carbonyl (C=O) groups excluding carboxylic acids is 1. The third-order valence-corrected chi connectivity index (χ3v) is 3.66. The van der Waals surface area contributed by atoms with Crippen LogP contribution in [-0.4, -0.2) is 18.1 Å². The van der Waals surface area contributed by atoms with Gasteiger partial charge in [-0.2, -0.15) is 0 Å². The molecule has 0 aliphatic heterocycles. The van der Waals surface area contributed by atoms with E-state index in [1.807, 2.05) is 38.1 Å². The van der Waals surface area contributed by atoms with Gasteiger partial charge in [-0.25, -0.2) is 0 Å². The number of ether oxygens (including phenoxy) is 1. The van der Waals surface area contributed by atoms with E-state index in [4.69, 9.17) is 4.74 Å². The fourth-order valence-electron chi connectivity index (χ4n) is 2.47. The van der Waals surface area contributed by atoms with E-state index in [9.17, 15) is 4.79 Å². The minimum atomic E-state index is -0.386. The molecule has 0 aromatic heterocycles. The number of nitrogens with one attached hydrogen (secondary N) is 1. The van der Waals surface area contributed by atoms with Gasteiger partial charge in [0.2, 0.25) is 0 Å². The molecule has 3 heteroatoms. The second-order valence-electron chi connectivity index (χ2n) is 5.32. The zero-order chi connectivity index (χ0) is 13.7. The van der Waals surface area contributed by atoms with E-state index in [1.165, 1.54) is 18.4 Å². The Morgan fingerprint density at radius 3 is 2.53 bits per heavy atom. The fraction of sp³-hybridized carbons (Fsp3) is 0.562. The van der Waals surface area contributed by atoms with Crippen molar-refractivity contribution in [1.29, 1.82) is 0 Å². The van der Waals surface area contributed by atoms with Crippen LogP contribution in [0.5, 0.6) is 5.75 Å². The summed E-state index contributed by atoms with van der Waals surface area (Å²) in [5.41, 5.74) is 1.19. The molecule has 1 fully saturated rings. The second-order valence-corrected chi connectivity index (χ2v) is 5.32. The van der Waals surface area contributed by atoms with E-state index in [0.717, 1.165) is 18.6 Å². The van der Waals surface area contributed by atoms with Crippen molar-refractivity contribution in [1.82, 2.24) is 5.32 Å². The lowest BCUT2D eigenvalue weighted by Crippen LogP contribution is -2.42. The topological polar surface area (TPSA) is 38.3 Å². The fourth-order valence-corrected chi connectivity index (χ4v) is 2.47. The first-order valence-electron chi connectivity index (χ1n) is 7.22. The summed E-state index contributed by atoms with van der Waals surface area (Å²) in [4.78, 5) is 12.2. The van der Waals surface area contributed by atoms with Crippen molar-refractivity contribution in [2.75, 3.05) is 0 Å². The number of aryl methyl sites for hydroxylation is 1. The first-order chi connectivity index (χ1) is 9.19. The lowest BCUT2D eigenvalue weighted by Gasteiger charge is -2.20. The predicted molar refractivity (Wildman–Crippen MR) is 76.3 cm³/mol. The van der Waals surface area contributed by atoms with Gasteiger partial charge < -0.3 is 10.1 Å². The van der Waals surface area contributed by atoms with Crippen LogP contribution >= 0.6 is 0 Å². The Morgan fingerprint density at radius 2 is 1.95 bits per heavy atom. The van der Waals surface area contributed by atoms with Gasteiger partial charge in [0, 0.05) is 6.04 Å². The molecule has 2 rings (SSSR count). The summed E-state index contributed by atoms with van der Waals surface area (Å²) in [6.07, 6.45) is 4.95. The molecule has 0 saturated heterocycles. The predicted octanol–water partition coefficient (Wildman–Crippen LogP) is 3.21. The van der Waals surface area contributed by atoms with Crippen LogP contribution in [0.2, 0.25) is 0 Å². The van der Waals surface area contributed by atoms with Crippen LogP contribution in [0, 0.1) is 6.92 Å². The quantitative estimate of drug-likeness (QED) is 0.884. The number of benzene rings is 1. The molecule has 1 saturated carbocycles. The molecule has 3 nitrogen and oxygen atoms in total. The summed E-state index contributed by atoms with van der Waals surface area (Å²) in [5, 5.41) is 3.10. The summed E-state index contributed by atoms with van der Waals surface area (Å²) in [5.74, 6) is 0.786. The highest BCUT2D eigenvalue weighted by Gasteiger charge is 2.23. The van der Waals surface area contributed by atoms with Crippen LogP contribution < -0.4 is 10.1 Å².